The zero-order valence-corrected chi connectivity index (χ0v) is 27.3. The number of hydrogen-bond donors (Lipinski definition) is 2. The van der Waals surface area contributed by atoms with E-state index in [1.807, 2.05) is 81.1 Å². The summed E-state index contributed by atoms with van der Waals surface area (Å²) in [5.74, 6) is -0.500. The van der Waals surface area contributed by atoms with Crippen molar-refractivity contribution in [2.24, 2.45) is 0 Å². The zero-order chi connectivity index (χ0) is 31.1. The Balaban J connectivity index is 1.67. The maximum atomic E-state index is 14.2. The second-order valence-electron chi connectivity index (χ2n) is 12.3. The predicted octanol–water partition coefficient (Wildman–Crippen LogP) is 7.90. The number of aromatic nitrogens is 1. The Morgan fingerprint density at radius 3 is 2.47 bits per heavy atom. The van der Waals surface area contributed by atoms with E-state index in [2.05, 4.69) is 15.9 Å². The van der Waals surface area contributed by atoms with Gasteiger partial charge in [0.15, 0.2) is 0 Å². The summed E-state index contributed by atoms with van der Waals surface area (Å²) in [5.41, 5.74) is 1.93. The average Bonchev–Trinajstić information content (AvgIpc) is 2.92. The SMILES string of the molecule is COc1nc2ccc(Br)cc2cc1C(c1ccc(Cl)cc1)C1(O)CCN(C(O)OC(C)(C)C)C(c2ccc(F)cc2C)C1. The fourth-order valence-corrected chi connectivity index (χ4v) is 6.70. The van der Waals surface area contributed by atoms with Crippen molar-refractivity contribution in [2.45, 2.75) is 70.1 Å². The summed E-state index contributed by atoms with van der Waals surface area (Å²) in [6, 6.07) is 19.4. The molecule has 0 saturated carbocycles. The molecule has 2 N–H and O–H groups in total. The van der Waals surface area contributed by atoms with Gasteiger partial charge in [-0.3, -0.25) is 0 Å². The van der Waals surface area contributed by atoms with Crippen LogP contribution in [0.2, 0.25) is 5.02 Å². The highest BCUT2D eigenvalue weighted by atomic mass is 79.9. The molecule has 228 valence electrons. The van der Waals surface area contributed by atoms with Gasteiger partial charge >= 0.3 is 0 Å². The monoisotopic (exact) mass is 670 g/mol. The summed E-state index contributed by atoms with van der Waals surface area (Å²) in [6.07, 6.45) is -0.708. The van der Waals surface area contributed by atoms with Crippen LogP contribution in [0.5, 0.6) is 5.88 Å². The molecule has 5 rings (SSSR count). The zero-order valence-electron chi connectivity index (χ0n) is 24.9. The lowest BCUT2D eigenvalue weighted by Gasteiger charge is -2.49. The number of hydrogen-bond acceptors (Lipinski definition) is 6. The molecular weight excluding hydrogens is 635 g/mol. The maximum Gasteiger partial charge on any atom is 0.217 e. The van der Waals surface area contributed by atoms with Crippen LogP contribution in [0, 0.1) is 12.7 Å². The van der Waals surface area contributed by atoms with Crippen LogP contribution < -0.4 is 4.74 Å². The number of nitrogens with zero attached hydrogens (tertiary/aromatic N) is 2. The van der Waals surface area contributed by atoms with E-state index < -0.39 is 29.6 Å². The van der Waals surface area contributed by atoms with E-state index in [1.54, 1.807) is 13.2 Å². The average molecular weight is 672 g/mol. The summed E-state index contributed by atoms with van der Waals surface area (Å²) in [4.78, 5) is 6.66. The number of halogens is 3. The number of fused-ring (bicyclic) bond motifs is 1. The van der Waals surface area contributed by atoms with Crippen molar-refractivity contribution in [1.82, 2.24) is 9.88 Å². The van der Waals surface area contributed by atoms with Crippen LogP contribution in [-0.2, 0) is 4.74 Å². The molecule has 0 bridgehead atoms. The van der Waals surface area contributed by atoms with Gasteiger partial charge in [0.1, 0.15) is 5.82 Å². The molecule has 0 radical (unpaired) electrons. The number of likely N-dealkylation sites (tertiary alicyclic amines) is 1. The third-order valence-electron chi connectivity index (χ3n) is 8.10. The van der Waals surface area contributed by atoms with Gasteiger partial charge in [-0.2, -0.15) is 0 Å². The van der Waals surface area contributed by atoms with Crippen molar-refractivity contribution in [3.8, 4) is 5.88 Å². The molecule has 6 nitrogen and oxygen atoms in total. The molecule has 1 fully saturated rings. The molecule has 0 aliphatic carbocycles. The van der Waals surface area contributed by atoms with E-state index in [0.717, 1.165) is 37.6 Å². The molecule has 4 aromatic rings. The predicted molar refractivity (Wildman–Crippen MR) is 171 cm³/mol. The van der Waals surface area contributed by atoms with Gasteiger partial charge in [0, 0.05) is 38.9 Å². The Morgan fingerprint density at radius 1 is 1.09 bits per heavy atom. The van der Waals surface area contributed by atoms with Crippen LogP contribution in [0.1, 0.15) is 67.8 Å². The van der Waals surface area contributed by atoms with Gasteiger partial charge in [0.2, 0.25) is 12.3 Å². The topological polar surface area (TPSA) is 75.1 Å². The Morgan fingerprint density at radius 2 is 1.81 bits per heavy atom. The van der Waals surface area contributed by atoms with Crippen molar-refractivity contribution in [3.05, 3.63) is 104 Å². The first kappa shape index (κ1) is 31.8. The van der Waals surface area contributed by atoms with Crippen LogP contribution >= 0.6 is 27.5 Å². The summed E-state index contributed by atoms with van der Waals surface area (Å²) in [5, 5.41) is 25.6. The number of benzene rings is 3. The van der Waals surface area contributed by atoms with Gasteiger partial charge in [-0.15, -0.1) is 0 Å². The Labute approximate surface area is 265 Å². The van der Waals surface area contributed by atoms with Gasteiger partial charge in [-0.05, 0) is 106 Å². The van der Waals surface area contributed by atoms with E-state index >= 15 is 0 Å². The highest BCUT2D eigenvalue weighted by molar-refractivity contribution is 9.10. The number of methoxy groups -OCH3 is 1. The number of piperidine rings is 1. The summed E-state index contributed by atoms with van der Waals surface area (Å²) in [6.45, 7) is 7.79. The fourth-order valence-electron chi connectivity index (χ4n) is 6.20. The van der Waals surface area contributed by atoms with Gasteiger partial charge in [-0.1, -0.05) is 45.7 Å². The highest BCUT2D eigenvalue weighted by Gasteiger charge is 2.48. The Bertz CT molecular complexity index is 1610. The largest absolute Gasteiger partial charge is 0.481 e. The summed E-state index contributed by atoms with van der Waals surface area (Å²) < 4.78 is 26.9. The Hall–Kier alpha value is -2.59. The van der Waals surface area contributed by atoms with E-state index in [4.69, 9.17) is 26.1 Å². The highest BCUT2D eigenvalue weighted by Crippen LogP contribution is 2.50. The second kappa shape index (κ2) is 12.4. The first-order valence-electron chi connectivity index (χ1n) is 14.3. The lowest BCUT2D eigenvalue weighted by molar-refractivity contribution is -0.262. The number of aliphatic hydroxyl groups is 2. The minimum Gasteiger partial charge on any atom is -0.481 e. The van der Waals surface area contributed by atoms with Crippen molar-refractivity contribution >= 4 is 38.4 Å². The van der Waals surface area contributed by atoms with Crippen LogP contribution in [0.3, 0.4) is 0 Å². The molecule has 2 heterocycles. The maximum absolute atomic E-state index is 14.2. The molecule has 0 spiro atoms. The van der Waals surface area contributed by atoms with Gasteiger partial charge in [0.05, 0.1) is 23.8 Å². The van der Waals surface area contributed by atoms with Gasteiger partial charge in [0.25, 0.3) is 0 Å². The van der Waals surface area contributed by atoms with Crippen LogP contribution in [-0.4, -0.2) is 51.4 Å². The fraction of sp³-hybridized carbons (Fsp3) is 0.382. The molecule has 43 heavy (non-hydrogen) atoms. The minimum absolute atomic E-state index is 0.219. The van der Waals surface area contributed by atoms with E-state index in [0.29, 0.717) is 23.9 Å². The molecule has 1 aromatic heterocycles. The van der Waals surface area contributed by atoms with Gasteiger partial charge < -0.3 is 19.7 Å². The number of pyridine rings is 1. The number of rotatable bonds is 7. The van der Waals surface area contributed by atoms with E-state index in [1.165, 1.54) is 12.1 Å². The standard InChI is InChI=1S/C34H37BrClFN2O4/c1-20-16-25(37)11-12-26(20)29-19-34(41,14-15-39(29)32(40)43-33(2,3)4)30(21-6-9-24(36)10-7-21)27-18-22-17-23(35)8-13-28(22)38-31(27)42-5/h6-13,16-18,29-30,32,40-41H,14-15,19H2,1-5H3. The molecule has 4 atom stereocenters. The van der Waals surface area contributed by atoms with Crippen LogP contribution in [0.4, 0.5) is 4.39 Å². The quantitative estimate of drug-likeness (QED) is 0.195. The first-order valence-corrected chi connectivity index (χ1v) is 15.4. The second-order valence-corrected chi connectivity index (χ2v) is 13.6. The summed E-state index contributed by atoms with van der Waals surface area (Å²) >= 11 is 9.86. The number of aryl methyl sites for hydroxylation is 1. The van der Waals surface area contributed by atoms with E-state index in [-0.39, 0.29) is 12.2 Å². The van der Waals surface area contributed by atoms with Gasteiger partial charge in [-0.25, -0.2) is 14.3 Å². The van der Waals surface area contributed by atoms with E-state index in [9.17, 15) is 14.6 Å². The third kappa shape index (κ3) is 6.90. The number of ether oxygens (including phenoxy) is 2. The lowest BCUT2D eigenvalue weighted by atomic mass is 9.69. The molecule has 0 amide bonds. The molecule has 1 aliphatic heterocycles. The summed E-state index contributed by atoms with van der Waals surface area (Å²) in [7, 11) is 1.58. The van der Waals surface area contributed by atoms with Crippen LogP contribution in [0.15, 0.2) is 71.2 Å². The molecule has 1 saturated heterocycles. The Kier molecular flexibility index (Phi) is 9.19. The van der Waals surface area contributed by atoms with Crippen LogP contribution in [0.25, 0.3) is 10.9 Å². The third-order valence-corrected chi connectivity index (χ3v) is 8.84. The normalized spacial score (nSPS) is 21.1. The van der Waals surface area contributed by atoms with Crippen molar-refractivity contribution in [1.29, 1.82) is 0 Å². The lowest BCUT2D eigenvalue weighted by Crippen LogP contribution is -2.54. The molecular formula is C34H37BrClFN2O4. The molecule has 4 unspecified atom stereocenters. The van der Waals surface area contributed by atoms with Crippen molar-refractivity contribution < 1.29 is 24.1 Å². The first-order chi connectivity index (χ1) is 20.3. The molecule has 1 aliphatic rings. The molecule has 9 heteroatoms. The minimum atomic E-state index is -1.33. The smallest absolute Gasteiger partial charge is 0.217 e. The van der Waals surface area contributed by atoms with Crippen molar-refractivity contribution in [3.63, 3.8) is 0 Å². The number of aliphatic hydroxyl groups excluding tert-OH is 1. The molecule has 3 aromatic carbocycles. The van der Waals surface area contributed by atoms with Crippen molar-refractivity contribution in [2.75, 3.05) is 13.7 Å².